The predicted molar refractivity (Wildman–Crippen MR) is 132 cm³/mol. The molecule has 1 atom stereocenters. The Hall–Kier alpha value is -2.74. The van der Waals surface area contributed by atoms with Crippen LogP contribution in [0.1, 0.15) is 40.4 Å². The molecule has 1 amide bonds. The number of rotatable bonds is 9. The van der Waals surface area contributed by atoms with E-state index in [1.54, 1.807) is 11.3 Å². The van der Waals surface area contributed by atoms with E-state index in [4.69, 9.17) is 9.47 Å². The summed E-state index contributed by atoms with van der Waals surface area (Å²) in [7, 11) is 0. The number of carbonyl (C=O) groups excluding carboxylic acids is 1. The van der Waals surface area contributed by atoms with Crippen molar-refractivity contribution >= 4 is 17.2 Å². The maximum Gasteiger partial charge on any atom is 0.271 e. The van der Waals surface area contributed by atoms with Gasteiger partial charge in [0.05, 0.1) is 35.7 Å². The van der Waals surface area contributed by atoms with Crippen molar-refractivity contribution in [1.82, 2.24) is 15.2 Å². The molecule has 1 N–H and O–H groups in total. The van der Waals surface area contributed by atoms with E-state index in [-0.39, 0.29) is 11.9 Å². The minimum atomic E-state index is -0.139. The average molecular weight is 466 g/mol. The fraction of sp³-hybridized carbons (Fsp3) is 0.385. The van der Waals surface area contributed by atoms with Crippen LogP contribution in [0.4, 0.5) is 0 Å². The van der Waals surface area contributed by atoms with Crippen LogP contribution in [0.15, 0.2) is 54.6 Å². The summed E-state index contributed by atoms with van der Waals surface area (Å²) in [6, 6.07) is 18.2. The second-order valence-electron chi connectivity index (χ2n) is 8.07. The van der Waals surface area contributed by atoms with Gasteiger partial charge in [-0.3, -0.25) is 9.69 Å². The first-order chi connectivity index (χ1) is 16.2. The van der Waals surface area contributed by atoms with Crippen LogP contribution in [0.5, 0.6) is 5.75 Å². The Morgan fingerprint density at radius 3 is 2.58 bits per heavy atom. The van der Waals surface area contributed by atoms with E-state index in [1.165, 1.54) is 0 Å². The summed E-state index contributed by atoms with van der Waals surface area (Å²) in [5.74, 6) is 0.732. The zero-order chi connectivity index (χ0) is 23.0. The van der Waals surface area contributed by atoms with Crippen LogP contribution < -0.4 is 10.1 Å². The predicted octanol–water partition coefficient (Wildman–Crippen LogP) is 4.71. The van der Waals surface area contributed by atoms with Crippen LogP contribution in [-0.4, -0.2) is 55.2 Å². The number of nitrogens with one attached hydrogen (secondary N) is 1. The minimum absolute atomic E-state index is 0.0537. The highest BCUT2D eigenvalue weighted by molar-refractivity contribution is 7.15. The maximum absolute atomic E-state index is 13.2. The lowest BCUT2D eigenvalue weighted by Gasteiger charge is -2.35. The van der Waals surface area contributed by atoms with E-state index in [2.05, 4.69) is 34.3 Å². The number of nitrogens with zero attached hydrogens (tertiary/aromatic N) is 2. The summed E-state index contributed by atoms with van der Waals surface area (Å²) in [6.07, 6.45) is 0.977. The van der Waals surface area contributed by atoms with Crippen molar-refractivity contribution in [3.63, 3.8) is 0 Å². The number of ether oxygens (including phenoxy) is 2. The molecule has 0 spiro atoms. The molecule has 33 heavy (non-hydrogen) atoms. The molecular formula is C26H31N3O3S. The van der Waals surface area contributed by atoms with E-state index in [9.17, 15) is 4.79 Å². The fourth-order valence-electron chi connectivity index (χ4n) is 3.99. The zero-order valence-electron chi connectivity index (χ0n) is 19.3. The number of hydrogen-bond donors (Lipinski definition) is 1. The lowest BCUT2D eigenvalue weighted by atomic mass is 10.0. The number of hydrogen-bond acceptors (Lipinski definition) is 6. The van der Waals surface area contributed by atoms with Crippen molar-refractivity contribution in [2.45, 2.75) is 26.3 Å². The van der Waals surface area contributed by atoms with Crippen molar-refractivity contribution in [1.29, 1.82) is 0 Å². The Kier molecular flexibility index (Phi) is 8.10. The molecule has 7 heteroatoms. The van der Waals surface area contributed by atoms with E-state index in [0.29, 0.717) is 32.1 Å². The van der Waals surface area contributed by atoms with Crippen molar-refractivity contribution in [2.24, 2.45) is 0 Å². The summed E-state index contributed by atoms with van der Waals surface area (Å²) in [6.45, 7) is 8.31. The normalized spacial score (nSPS) is 15.2. The van der Waals surface area contributed by atoms with Gasteiger partial charge in [0.1, 0.15) is 11.4 Å². The van der Waals surface area contributed by atoms with Crippen LogP contribution in [0, 0.1) is 6.92 Å². The highest BCUT2D eigenvalue weighted by Gasteiger charge is 2.25. The Bertz CT molecular complexity index is 1030. The monoisotopic (exact) mass is 465 g/mol. The van der Waals surface area contributed by atoms with E-state index in [1.807, 2.05) is 49.4 Å². The van der Waals surface area contributed by atoms with Gasteiger partial charge in [0, 0.05) is 19.6 Å². The molecule has 1 aromatic heterocycles. The molecule has 6 nitrogen and oxygen atoms in total. The summed E-state index contributed by atoms with van der Waals surface area (Å²) in [4.78, 5) is 21.0. The first-order valence-corrected chi connectivity index (χ1v) is 12.3. The van der Waals surface area contributed by atoms with Gasteiger partial charge in [0.15, 0.2) is 0 Å². The van der Waals surface area contributed by atoms with E-state index >= 15 is 0 Å². The molecule has 2 heterocycles. The quantitative estimate of drug-likeness (QED) is 0.496. The highest BCUT2D eigenvalue weighted by Crippen LogP contribution is 2.30. The van der Waals surface area contributed by atoms with Gasteiger partial charge in [-0.1, -0.05) is 49.4 Å². The molecule has 1 aliphatic rings. The maximum atomic E-state index is 13.2. The molecule has 1 aliphatic heterocycles. The van der Waals surface area contributed by atoms with E-state index < -0.39 is 0 Å². The number of morpholine rings is 1. The minimum Gasteiger partial charge on any atom is -0.494 e. The Morgan fingerprint density at radius 2 is 1.88 bits per heavy atom. The van der Waals surface area contributed by atoms with E-state index in [0.717, 1.165) is 46.3 Å². The topological polar surface area (TPSA) is 63.7 Å². The summed E-state index contributed by atoms with van der Waals surface area (Å²) >= 11 is 1.55. The number of aryl methyl sites for hydroxylation is 1. The Morgan fingerprint density at radius 1 is 1.15 bits per heavy atom. The second kappa shape index (κ2) is 11.4. The van der Waals surface area contributed by atoms with Gasteiger partial charge in [-0.25, -0.2) is 4.98 Å². The molecule has 1 unspecified atom stereocenters. The lowest BCUT2D eigenvalue weighted by Crippen LogP contribution is -2.43. The van der Waals surface area contributed by atoms with Gasteiger partial charge >= 0.3 is 0 Å². The van der Waals surface area contributed by atoms with Gasteiger partial charge in [-0.2, -0.15) is 0 Å². The van der Waals surface area contributed by atoms with Crippen LogP contribution in [0.25, 0.3) is 10.4 Å². The van der Waals surface area contributed by atoms with Crippen molar-refractivity contribution in [2.75, 3.05) is 39.5 Å². The zero-order valence-corrected chi connectivity index (χ0v) is 20.1. The van der Waals surface area contributed by atoms with Gasteiger partial charge in [-0.05, 0) is 36.6 Å². The molecule has 1 fully saturated rings. The first kappa shape index (κ1) is 23.4. The largest absolute Gasteiger partial charge is 0.494 e. The van der Waals surface area contributed by atoms with Gasteiger partial charge in [-0.15, -0.1) is 11.3 Å². The molecule has 0 radical (unpaired) electrons. The molecule has 1 saturated heterocycles. The third-order valence-electron chi connectivity index (χ3n) is 5.67. The number of carbonyl (C=O) groups is 1. The number of amides is 1. The second-order valence-corrected chi connectivity index (χ2v) is 9.27. The van der Waals surface area contributed by atoms with Gasteiger partial charge < -0.3 is 14.8 Å². The molecule has 3 aromatic rings. The molecule has 0 bridgehead atoms. The van der Waals surface area contributed by atoms with Crippen molar-refractivity contribution in [3.05, 3.63) is 70.9 Å². The standard InChI is InChI=1S/C26H31N3O3S/c1-3-15-32-22-11-9-20(10-12-22)23(29-13-16-31-17-14-29)18-27-26(30)24-25(33-19(2)28-24)21-7-5-4-6-8-21/h4-12,23H,3,13-18H2,1-2H3,(H,27,30). The fourth-order valence-corrected chi connectivity index (χ4v) is 4.91. The summed E-state index contributed by atoms with van der Waals surface area (Å²) in [5, 5.41) is 4.04. The first-order valence-electron chi connectivity index (χ1n) is 11.5. The average Bonchev–Trinajstić information content (AvgIpc) is 3.26. The molecule has 0 saturated carbocycles. The molecule has 0 aliphatic carbocycles. The Labute approximate surface area is 199 Å². The van der Waals surface area contributed by atoms with Crippen molar-refractivity contribution < 1.29 is 14.3 Å². The SMILES string of the molecule is CCCOc1ccc(C(CNC(=O)c2nc(C)sc2-c2ccccc2)N2CCOCC2)cc1. The third kappa shape index (κ3) is 5.99. The number of benzene rings is 2. The van der Waals surface area contributed by atoms with Gasteiger partial charge in [0.2, 0.25) is 0 Å². The number of aromatic nitrogens is 1. The molecule has 174 valence electrons. The smallest absolute Gasteiger partial charge is 0.271 e. The Balaban J connectivity index is 1.51. The summed E-state index contributed by atoms with van der Waals surface area (Å²) < 4.78 is 11.3. The third-order valence-corrected chi connectivity index (χ3v) is 6.69. The summed E-state index contributed by atoms with van der Waals surface area (Å²) in [5.41, 5.74) is 2.66. The highest BCUT2D eigenvalue weighted by atomic mass is 32.1. The van der Waals surface area contributed by atoms with Crippen LogP contribution >= 0.6 is 11.3 Å². The van der Waals surface area contributed by atoms with Crippen LogP contribution in [-0.2, 0) is 4.74 Å². The lowest BCUT2D eigenvalue weighted by molar-refractivity contribution is 0.0162. The van der Waals surface area contributed by atoms with Crippen LogP contribution in [0.2, 0.25) is 0 Å². The number of thiazole rings is 1. The molecule has 2 aromatic carbocycles. The van der Waals surface area contributed by atoms with Crippen molar-refractivity contribution in [3.8, 4) is 16.2 Å². The van der Waals surface area contributed by atoms with Crippen LogP contribution in [0.3, 0.4) is 0 Å². The molecular weight excluding hydrogens is 434 g/mol. The van der Waals surface area contributed by atoms with Gasteiger partial charge in [0.25, 0.3) is 5.91 Å². The molecule has 4 rings (SSSR count).